The van der Waals surface area contributed by atoms with E-state index >= 15 is 0 Å². The Kier molecular flexibility index (Phi) is 2.86. The van der Waals surface area contributed by atoms with Gasteiger partial charge in [0.1, 0.15) is 0 Å². The molecule has 0 atom stereocenters. The topological polar surface area (TPSA) is 59.4 Å². The number of nitrogens with one attached hydrogen (secondary N) is 1. The highest BCUT2D eigenvalue weighted by molar-refractivity contribution is 5.87. The van der Waals surface area contributed by atoms with Crippen molar-refractivity contribution in [2.75, 3.05) is 19.5 Å². The van der Waals surface area contributed by atoms with Crippen LogP contribution in [0.4, 0.5) is 10.6 Å². The number of amides is 2. The van der Waals surface area contributed by atoms with Crippen LogP contribution in [-0.2, 0) is 11.9 Å². The fourth-order valence-electron chi connectivity index (χ4n) is 0.753. The van der Waals surface area contributed by atoms with Crippen molar-refractivity contribution in [1.82, 2.24) is 14.8 Å². The minimum atomic E-state index is -0.360. The quantitative estimate of drug-likeness (QED) is 0.679. The van der Waals surface area contributed by atoms with Crippen LogP contribution in [0, 0.1) is 0 Å². The summed E-state index contributed by atoms with van der Waals surface area (Å²) in [5.74, 6) is 0.497. The molecule has 2 amide bonds. The maximum absolute atomic E-state index is 11.2. The normalized spacial score (nSPS) is 9.77. The van der Waals surface area contributed by atoms with Crippen LogP contribution in [-0.4, -0.2) is 35.0 Å². The maximum atomic E-state index is 11.2. The van der Waals surface area contributed by atoms with E-state index in [0.717, 1.165) is 5.06 Å². The number of aromatic nitrogens is 2. The van der Waals surface area contributed by atoms with Crippen molar-refractivity contribution < 1.29 is 9.63 Å². The highest BCUT2D eigenvalue weighted by Crippen LogP contribution is 2.01. The molecule has 1 heterocycles. The molecule has 6 nitrogen and oxygen atoms in total. The third-order valence-electron chi connectivity index (χ3n) is 1.51. The average molecular weight is 184 g/mol. The zero-order valence-corrected chi connectivity index (χ0v) is 7.81. The summed E-state index contributed by atoms with van der Waals surface area (Å²) in [5, 5.41) is 7.59. The summed E-state index contributed by atoms with van der Waals surface area (Å²) in [6.45, 7) is 0. The van der Waals surface area contributed by atoms with Crippen molar-refractivity contribution in [3.05, 3.63) is 12.3 Å². The first kappa shape index (κ1) is 9.53. The van der Waals surface area contributed by atoms with E-state index in [0.29, 0.717) is 5.82 Å². The molecule has 0 saturated heterocycles. The van der Waals surface area contributed by atoms with Crippen LogP contribution < -0.4 is 5.32 Å². The van der Waals surface area contributed by atoms with Gasteiger partial charge in [-0.3, -0.25) is 14.8 Å². The first-order valence-electron chi connectivity index (χ1n) is 3.72. The lowest BCUT2D eigenvalue weighted by atomic mass is 10.6. The Morgan fingerprint density at radius 3 is 2.92 bits per heavy atom. The fraction of sp³-hybridized carbons (Fsp3) is 0.429. The Morgan fingerprint density at radius 2 is 2.46 bits per heavy atom. The van der Waals surface area contributed by atoms with E-state index in [4.69, 9.17) is 0 Å². The second kappa shape index (κ2) is 3.90. The van der Waals surface area contributed by atoms with Crippen LogP contribution in [0.3, 0.4) is 0 Å². The van der Waals surface area contributed by atoms with Gasteiger partial charge in [0.25, 0.3) is 0 Å². The summed E-state index contributed by atoms with van der Waals surface area (Å²) in [4.78, 5) is 15.9. The molecule has 13 heavy (non-hydrogen) atoms. The predicted octanol–water partition coefficient (Wildman–Crippen LogP) is 0.445. The predicted molar refractivity (Wildman–Crippen MR) is 47.0 cm³/mol. The summed E-state index contributed by atoms with van der Waals surface area (Å²) in [7, 11) is 4.70. The van der Waals surface area contributed by atoms with Gasteiger partial charge < -0.3 is 0 Å². The second-order valence-corrected chi connectivity index (χ2v) is 2.48. The number of hydrogen-bond donors (Lipinski definition) is 1. The van der Waals surface area contributed by atoms with Gasteiger partial charge in [0.15, 0.2) is 5.82 Å². The van der Waals surface area contributed by atoms with Gasteiger partial charge >= 0.3 is 6.03 Å². The third kappa shape index (κ3) is 2.45. The van der Waals surface area contributed by atoms with Crippen molar-refractivity contribution >= 4 is 11.8 Å². The third-order valence-corrected chi connectivity index (χ3v) is 1.51. The van der Waals surface area contributed by atoms with Crippen molar-refractivity contribution in [3.63, 3.8) is 0 Å². The molecule has 1 rings (SSSR count). The summed E-state index contributed by atoms with van der Waals surface area (Å²) in [5.41, 5.74) is 0. The Hall–Kier alpha value is -1.56. The molecule has 0 fully saturated rings. The minimum absolute atomic E-state index is 0.360. The molecule has 0 aliphatic heterocycles. The average Bonchev–Trinajstić information content (AvgIpc) is 2.49. The van der Waals surface area contributed by atoms with Crippen LogP contribution in [0.2, 0.25) is 0 Å². The van der Waals surface area contributed by atoms with E-state index in [9.17, 15) is 4.79 Å². The molecule has 6 heteroatoms. The number of nitrogens with zero attached hydrogens (tertiary/aromatic N) is 3. The largest absolute Gasteiger partial charge is 0.346 e. The van der Waals surface area contributed by atoms with E-state index < -0.39 is 0 Å². The SMILES string of the molecule is CON(C)C(=O)Nc1ccn(C)n1. The van der Waals surface area contributed by atoms with Crippen LogP contribution >= 0.6 is 0 Å². The highest BCUT2D eigenvalue weighted by atomic mass is 16.7. The summed E-state index contributed by atoms with van der Waals surface area (Å²) >= 11 is 0. The van der Waals surface area contributed by atoms with Crippen molar-refractivity contribution in [1.29, 1.82) is 0 Å². The standard InChI is InChI=1S/C7H12N4O2/c1-10-5-4-6(9-10)8-7(12)11(2)13-3/h4-5H,1-3H3,(H,8,9,12). The molecule has 1 aromatic rings. The molecular formula is C7H12N4O2. The van der Waals surface area contributed by atoms with Crippen LogP contribution in [0.25, 0.3) is 0 Å². The summed E-state index contributed by atoms with van der Waals surface area (Å²) in [6, 6.07) is 1.34. The van der Waals surface area contributed by atoms with Crippen LogP contribution in [0.15, 0.2) is 12.3 Å². The Labute approximate surface area is 76.0 Å². The van der Waals surface area contributed by atoms with Crippen LogP contribution in [0.5, 0.6) is 0 Å². The monoisotopic (exact) mass is 184 g/mol. The molecule has 0 bridgehead atoms. The summed E-state index contributed by atoms with van der Waals surface area (Å²) < 4.78 is 1.60. The lowest BCUT2D eigenvalue weighted by Gasteiger charge is -2.12. The van der Waals surface area contributed by atoms with Crippen molar-refractivity contribution in [2.45, 2.75) is 0 Å². The molecule has 72 valence electrons. The van der Waals surface area contributed by atoms with E-state index in [2.05, 4.69) is 15.3 Å². The van der Waals surface area contributed by atoms with Gasteiger partial charge in [0, 0.05) is 26.4 Å². The van der Waals surface area contributed by atoms with E-state index in [1.54, 1.807) is 24.0 Å². The van der Waals surface area contributed by atoms with Gasteiger partial charge in [-0.25, -0.2) is 9.86 Å². The highest BCUT2D eigenvalue weighted by Gasteiger charge is 2.08. The number of anilines is 1. The number of carbonyl (C=O) groups excluding carboxylic acids is 1. The molecule has 1 aromatic heterocycles. The number of rotatable bonds is 2. The van der Waals surface area contributed by atoms with Gasteiger partial charge in [-0.1, -0.05) is 0 Å². The molecule has 0 saturated carbocycles. The molecule has 0 aliphatic rings. The molecular weight excluding hydrogens is 172 g/mol. The first-order valence-corrected chi connectivity index (χ1v) is 3.72. The van der Waals surface area contributed by atoms with Gasteiger partial charge in [-0.15, -0.1) is 0 Å². The fourth-order valence-corrected chi connectivity index (χ4v) is 0.753. The Morgan fingerprint density at radius 1 is 1.77 bits per heavy atom. The molecule has 0 unspecified atom stereocenters. The minimum Gasteiger partial charge on any atom is -0.289 e. The van der Waals surface area contributed by atoms with Crippen LogP contribution in [0.1, 0.15) is 0 Å². The van der Waals surface area contributed by atoms with E-state index in [1.807, 2.05) is 0 Å². The number of carbonyl (C=O) groups is 1. The number of hydrogen-bond acceptors (Lipinski definition) is 3. The molecule has 1 N–H and O–H groups in total. The van der Waals surface area contributed by atoms with Crippen molar-refractivity contribution in [2.24, 2.45) is 7.05 Å². The Bertz CT molecular complexity index is 296. The number of hydroxylamine groups is 2. The van der Waals surface area contributed by atoms with E-state index in [1.165, 1.54) is 14.2 Å². The van der Waals surface area contributed by atoms with Gasteiger partial charge in [-0.2, -0.15) is 5.10 Å². The maximum Gasteiger partial charge on any atom is 0.346 e. The van der Waals surface area contributed by atoms with Gasteiger partial charge in [0.05, 0.1) is 7.11 Å². The van der Waals surface area contributed by atoms with Gasteiger partial charge in [-0.05, 0) is 0 Å². The van der Waals surface area contributed by atoms with E-state index in [-0.39, 0.29) is 6.03 Å². The molecule has 0 spiro atoms. The number of aryl methyl sites for hydroxylation is 1. The van der Waals surface area contributed by atoms with Crippen molar-refractivity contribution in [3.8, 4) is 0 Å². The number of urea groups is 1. The molecule has 0 aliphatic carbocycles. The lowest BCUT2D eigenvalue weighted by Crippen LogP contribution is -2.30. The first-order chi connectivity index (χ1) is 6.13. The smallest absolute Gasteiger partial charge is 0.289 e. The Balaban J connectivity index is 2.54. The molecule has 0 aromatic carbocycles. The zero-order valence-electron chi connectivity index (χ0n) is 7.81. The van der Waals surface area contributed by atoms with Gasteiger partial charge in [0.2, 0.25) is 0 Å². The summed E-state index contributed by atoms with van der Waals surface area (Å²) in [6.07, 6.45) is 1.74. The lowest BCUT2D eigenvalue weighted by molar-refractivity contribution is -0.0598. The second-order valence-electron chi connectivity index (χ2n) is 2.48. The zero-order chi connectivity index (χ0) is 9.84. The molecule has 0 radical (unpaired) electrons.